The molecule has 4 rings (SSSR count). The predicted molar refractivity (Wildman–Crippen MR) is 119 cm³/mol. The van der Waals surface area contributed by atoms with Crippen LogP contribution in [-0.2, 0) is 74.5 Å². The average Bonchev–Trinajstić information content (AvgIpc) is 2.68. The molecule has 160 valence electrons. The maximum atomic E-state index is 11.8. The van der Waals surface area contributed by atoms with Gasteiger partial charge in [-0.3, -0.25) is 9.79 Å². The van der Waals surface area contributed by atoms with Gasteiger partial charge in [0.2, 0.25) is 0 Å². The molecule has 5 nitrogen and oxygen atoms in total. The molecule has 1 heterocycles. The van der Waals surface area contributed by atoms with Gasteiger partial charge >= 0.3 is 7.82 Å². The van der Waals surface area contributed by atoms with Crippen LogP contribution in [0.25, 0.3) is 5.57 Å². The second kappa shape index (κ2) is 14.4. The molecule has 0 saturated carbocycles. The van der Waals surface area contributed by atoms with Gasteiger partial charge in [-0.2, -0.15) is 0 Å². The minimum Gasteiger partial charge on any atom is -0.396 e. The Hall–Kier alpha value is 0.760. The first kappa shape index (κ1) is 32.8. The Labute approximate surface area is 267 Å². The number of hydrogen-bond acceptors (Lipinski definition) is 4. The van der Waals surface area contributed by atoms with Crippen LogP contribution in [0, 0.1) is 38.5 Å². The fraction of sp³-hybridized carbons (Fsp3) is 0.0455. The van der Waals surface area contributed by atoms with E-state index in [1.807, 2.05) is 85.9 Å². The summed E-state index contributed by atoms with van der Waals surface area (Å²) in [4.78, 5) is 22.0. The van der Waals surface area contributed by atoms with E-state index < -0.39 is 7.82 Å². The van der Waals surface area contributed by atoms with Gasteiger partial charge in [-0.05, 0) is 24.3 Å². The third kappa shape index (κ3) is 7.63. The van der Waals surface area contributed by atoms with E-state index in [-0.39, 0.29) is 109 Å². The van der Waals surface area contributed by atoms with Gasteiger partial charge in [-0.25, -0.2) is 4.57 Å². The number of fused-ring (bicyclic) bond motifs is 2. The van der Waals surface area contributed by atoms with E-state index in [1.165, 1.54) is 11.8 Å². The first-order valence-corrected chi connectivity index (χ1v) is 10.9. The maximum Gasteiger partial charge on any atom is 0.525 e. The van der Waals surface area contributed by atoms with Gasteiger partial charge in [0.15, 0.2) is 5.09 Å². The minimum atomic E-state index is -4.76. The topological polar surface area (TPSA) is 70.0 Å². The first-order valence-electron chi connectivity index (χ1n) is 8.59. The summed E-state index contributed by atoms with van der Waals surface area (Å²) in [5, 5.41) is 0.174. The fourth-order valence-corrected chi connectivity index (χ4v) is 4.85. The molecular weight excluding hydrogens is 821 g/mol. The fourth-order valence-electron chi connectivity index (χ4n) is 3.27. The zero-order chi connectivity index (χ0) is 19.7. The number of benzene rings is 3. The molecule has 0 aliphatic carbocycles. The second-order valence-electron chi connectivity index (χ2n) is 6.25. The van der Waals surface area contributed by atoms with Crippen molar-refractivity contribution in [3.8, 4) is 0 Å². The number of phosphoric acid groups is 1. The Bertz CT molecular complexity index is 1060. The maximum absolute atomic E-state index is 11.8. The quantitative estimate of drug-likeness (QED) is 0.149. The third-order valence-corrected chi connectivity index (χ3v) is 5.95. The van der Waals surface area contributed by atoms with Crippen LogP contribution in [0.2, 0.25) is 0 Å². The van der Waals surface area contributed by atoms with Gasteiger partial charge < -0.3 is 16.9 Å². The molecule has 2 N–H and O–H groups in total. The molecule has 10 heteroatoms. The molecular formula is C22H21NO4PSUY2-. The number of rotatable bonds is 4. The van der Waals surface area contributed by atoms with E-state index in [0.717, 1.165) is 27.4 Å². The SMILES string of the molecule is CN1c2ccccc2C(=C(OP(=O)(O)O)Sc2ccccc2)c2ccccc21.[CH3-].[U].[Y].[Y]. The molecule has 0 aromatic heterocycles. The summed E-state index contributed by atoms with van der Waals surface area (Å²) in [6.45, 7) is 0. The molecule has 0 unspecified atom stereocenters. The van der Waals surface area contributed by atoms with Crippen LogP contribution in [0.1, 0.15) is 11.1 Å². The Morgan fingerprint density at radius 1 is 0.844 bits per heavy atom. The number of para-hydroxylation sites is 2. The van der Waals surface area contributed by atoms with Crippen LogP contribution in [0.3, 0.4) is 0 Å². The molecule has 0 bridgehead atoms. The minimum absolute atomic E-state index is 0. The van der Waals surface area contributed by atoms with E-state index in [2.05, 4.69) is 4.90 Å². The van der Waals surface area contributed by atoms with E-state index in [9.17, 15) is 14.4 Å². The van der Waals surface area contributed by atoms with Crippen LogP contribution in [0.4, 0.5) is 11.4 Å². The number of phosphoric ester groups is 1. The zero-order valence-corrected chi connectivity index (χ0v) is 29.2. The van der Waals surface area contributed by atoms with Crippen LogP contribution >= 0.6 is 19.6 Å². The van der Waals surface area contributed by atoms with Crippen molar-refractivity contribution in [1.82, 2.24) is 0 Å². The van der Waals surface area contributed by atoms with Crippen LogP contribution in [-0.4, -0.2) is 16.8 Å². The Morgan fingerprint density at radius 2 is 1.28 bits per heavy atom. The smallest absolute Gasteiger partial charge is 0.396 e. The Kier molecular flexibility index (Phi) is 14.7. The predicted octanol–water partition coefficient (Wildman–Crippen LogP) is 5.83. The standard InChI is InChI=1S/C21H18NO4PS.CH3.U.2Y/c1-22-18-13-7-5-11-16(18)20(17-12-6-8-14-19(17)22)21(26-27(23,24)25)28-15-9-3-2-4-10-15;;;;/h2-14H,1H3,(H2,23,24,25);1H3;;;/q;-1;;;. The van der Waals surface area contributed by atoms with Crippen molar-refractivity contribution < 1.29 is 115 Å². The number of anilines is 2. The summed E-state index contributed by atoms with van der Waals surface area (Å²) in [7, 11) is -2.78. The van der Waals surface area contributed by atoms with Crippen molar-refractivity contribution >= 4 is 36.5 Å². The van der Waals surface area contributed by atoms with Gasteiger partial charge in [-0.15, -0.1) is 0 Å². The molecule has 1 aliphatic rings. The average molecular weight is 842 g/mol. The molecule has 0 saturated heterocycles. The van der Waals surface area contributed by atoms with Crippen molar-refractivity contribution in [2.75, 3.05) is 11.9 Å². The zero-order valence-electron chi connectivity index (χ0n) is 17.7. The van der Waals surface area contributed by atoms with Crippen molar-refractivity contribution in [1.29, 1.82) is 0 Å². The number of hydrogen-bond donors (Lipinski definition) is 2. The molecule has 0 amide bonds. The molecule has 3 aromatic rings. The van der Waals surface area contributed by atoms with Gasteiger partial charge in [0.25, 0.3) is 0 Å². The second-order valence-corrected chi connectivity index (χ2v) is 8.46. The van der Waals surface area contributed by atoms with E-state index in [4.69, 9.17) is 4.52 Å². The van der Waals surface area contributed by atoms with Crippen LogP contribution in [0.5, 0.6) is 0 Å². The van der Waals surface area contributed by atoms with E-state index in [1.54, 1.807) is 0 Å². The molecule has 1 aliphatic heterocycles. The van der Waals surface area contributed by atoms with E-state index in [0.29, 0.717) is 5.57 Å². The first-order chi connectivity index (χ1) is 13.4. The Balaban J connectivity index is 0.00000240. The summed E-state index contributed by atoms with van der Waals surface area (Å²) in [6, 6.07) is 24.9. The monoisotopic (exact) mass is 842 g/mol. The summed E-state index contributed by atoms with van der Waals surface area (Å²) < 4.78 is 17.0. The Morgan fingerprint density at radius 3 is 1.75 bits per heavy atom. The third-order valence-electron chi connectivity index (χ3n) is 4.43. The largest absolute Gasteiger partial charge is 0.525 e. The van der Waals surface area contributed by atoms with Gasteiger partial charge in [0, 0.05) is 137 Å². The molecule has 0 atom stereocenters. The van der Waals surface area contributed by atoms with Gasteiger partial charge in [0.05, 0.1) is 0 Å². The summed E-state index contributed by atoms with van der Waals surface area (Å²) in [5.41, 5.74) is 4.26. The summed E-state index contributed by atoms with van der Waals surface area (Å²) in [6.07, 6.45) is 0. The van der Waals surface area contributed by atoms with Crippen molar-refractivity contribution in [3.05, 3.63) is 103 Å². The molecule has 32 heavy (non-hydrogen) atoms. The van der Waals surface area contributed by atoms with Crippen LogP contribution in [0.15, 0.2) is 88.8 Å². The molecule has 0 fully saturated rings. The van der Waals surface area contributed by atoms with E-state index >= 15 is 0 Å². The molecule has 3 aromatic carbocycles. The molecule has 2 radical (unpaired) electrons. The van der Waals surface area contributed by atoms with Crippen molar-refractivity contribution in [2.24, 2.45) is 0 Å². The summed E-state index contributed by atoms with van der Waals surface area (Å²) >= 11 is 1.20. The van der Waals surface area contributed by atoms with Gasteiger partial charge in [0.1, 0.15) is 0 Å². The van der Waals surface area contributed by atoms with Crippen molar-refractivity contribution in [3.63, 3.8) is 0 Å². The number of nitrogens with zero attached hydrogens (tertiary/aromatic N) is 1. The molecule has 0 spiro atoms. The number of thioether (sulfide) groups is 1. The van der Waals surface area contributed by atoms with Gasteiger partial charge in [-0.1, -0.05) is 66.4 Å². The normalized spacial score (nSPS) is 11.3. The summed E-state index contributed by atoms with van der Waals surface area (Å²) in [5.74, 6) is 0. The van der Waals surface area contributed by atoms with Crippen LogP contribution < -0.4 is 4.90 Å². The van der Waals surface area contributed by atoms with Crippen molar-refractivity contribution in [2.45, 2.75) is 4.90 Å².